The fraction of sp³-hybridized carbons (Fsp3) is 0.947. The number of rotatable bonds is 10. The van der Waals surface area contributed by atoms with Gasteiger partial charge in [-0.3, -0.25) is 9.89 Å². The zero-order chi connectivity index (χ0) is 16.9. The minimum absolute atomic E-state index is 0.899. The lowest BCUT2D eigenvalue weighted by Crippen LogP contribution is -2.39. The predicted octanol–water partition coefficient (Wildman–Crippen LogP) is 2.62. The van der Waals surface area contributed by atoms with Gasteiger partial charge in [-0.05, 0) is 45.1 Å². The minimum atomic E-state index is 0.899. The molecule has 2 rings (SSSR count). The SMILES string of the molecule is CCNC(=NCCCC1CCCC1)NCCCCN1CCOCC1. The molecule has 1 aliphatic heterocycles. The van der Waals surface area contributed by atoms with Gasteiger partial charge in [0, 0.05) is 32.7 Å². The van der Waals surface area contributed by atoms with Crippen LogP contribution < -0.4 is 10.6 Å². The number of guanidine groups is 1. The van der Waals surface area contributed by atoms with Crippen LogP contribution in [-0.2, 0) is 4.74 Å². The highest BCUT2D eigenvalue weighted by Crippen LogP contribution is 2.28. The Morgan fingerprint density at radius 3 is 2.62 bits per heavy atom. The van der Waals surface area contributed by atoms with Gasteiger partial charge in [0.2, 0.25) is 0 Å². The Hall–Kier alpha value is -0.810. The molecule has 2 aliphatic rings. The van der Waals surface area contributed by atoms with E-state index in [4.69, 9.17) is 9.73 Å². The smallest absolute Gasteiger partial charge is 0.191 e. The molecule has 0 aromatic carbocycles. The molecular weight excluding hydrogens is 300 g/mol. The summed E-state index contributed by atoms with van der Waals surface area (Å²) in [6, 6.07) is 0. The lowest BCUT2D eigenvalue weighted by atomic mass is 10.0. The first kappa shape index (κ1) is 19.5. The summed E-state index contributed by atoms with van der Waals surface area (Å²) in [5, 5.41) is 6.85. The highest BCUT2D eigenvalue weighted by molar-refractivity contribution is 5.79. The summed E-state index contributed by atoms with van der Waals surface area (Å²) in [7, 11) is 0. The lowest BCUT2D eigenvalue weighted by Gasteiger charge is -2.26. The van der Waals surface area contributed by atoms with Crippen LogP contribution in [0.5, 0.6) is 0 Å². The van der Waals surface area contributed by atoms with Crippen molar-refractivity contribution in [1.82, 2.24) is 15.5 Å². The Morgan fingerprint density at radius 2 is 1.88 bits per heavy atom. The van der Waals surface area contributed by atoms with E-state index in [1.165, 1.54) is 57.9 Å². The average Bonchev–Trinajstić information content (AvgIpc) is 3.12. The van der Waals surface area contributed by atoms with Crippen LogP contribution in [0.3, 0.4) is 0 Å². The third-order valence-electron chi connectivity index (χ3n) is 5.16. The van der Waals surface area contributed by atoms with Crippen LogP contribution in [0.15, 0.2) is 4.99 Å². The van der Waals surface area contributed by atoms with Crippen molar-refractivity contribution in [2.75, 3.05) is 52.5 Å². The van der Waals surface area contributed by atoms with Crippen molar-refractivity contribution < 1.29 is 4.74 Å². The summed E-state index contributed by atoms with van der Waals surface area (Å²) < 4.78 is 5.39. The topological polar surface area (TPSA) is 48.9 Å². The summed E-state index contributed by atoms with van der Waals surface area (Å²) in [5.74, 6) is 1.98. The van der Waals surface area contributed by atoms with Gasteiger partial charge < -0.3 is 15.4 Å². The second-order valence-corrected chi connectivity index (χ2v) is 7.14. The number of hydrogen-bond donors (Lipinski definition) is 2. The second kappa shape index (κ2) is 12.5. The Balaban J connectivity index is 1.51. The molecule has 0 bridgehead atoms. The van der Waals surface area contributed by atoms with Crippen LogP contribution in [0.1, 0.15) is 58.3 Å². The van der Waals surface area contributed by atoms with Crippen molar-refractivity contribution in [3.63, 3.8) is 0 Å². The first-order chi connectivity index (χ1) is 11.9. The molecule has 1 aliphatic carbocycles. The van der Waals surface area contributed by atoms with Gasteiger partial charge in [-0.1, -0.05) is 25.7 Å². The molecule has 0 aromatic rings. The number of unbranched alkanes of at least 4 members (excludes halogenated alkanes) is 1. The van der Waals surface area contributed by atoms with Gasteiger partial charge in [0.05, 0.1) is 13.2 Å². The molecule has 2 N–H and O–H groups in total. The van der Waals surface area contributed by atoms with Gasteiger partial charge in [-0.15, -0.1) is 0 Å². The molecule has 0 atom stereocenters. The fourth-order valence-electron chi connectivity index (χ4n) is 3.70. The van der Waals surface area contributed by atoms with Gasteiger partial charge in [0.25, 0.3) is 0 Å². The lowest BCUT2D eigenvalue weighted by molar-refractivity contribution is 0.0372. The molecular formula is C19H38N4O. The fourth-order valence-corrected chi connectivity index (χ4v) is 3.70. The summed E-state index contributed by atoms with van der Waals surface area (Å²) in [4.78, 5) is 7.24. The van der Waals surface area contributed by atoms with E-state index in [0.717, 1.165) is 57.8 Å². The first-order valence-electron chi connectivity index (χ1n) is 10.2. The Kier molecular flexibility index (Phi) is 10.2. The minimum Gasteiger partial charge on any atom is -0.379 e. The standard InChI is InChI=1S/C19H38N4O/c1-2-20-19(22-12-7-10-18-8-3-4-9-18)21-11-5-6-13-23-14-16-24-17-15-23/h18H,2-17H2,1H3,(H2,20,21,22). The van der Waals surface area contributed by atoms with E-state index in [2.05, 4.69) is 22.5 Å². The summed E-state index contributed by atoms with van der Waals surface area (Å²) in [5.41, 5.74) is 0. The second-order valence-electron chi connectivity index (χ2n) is 7.14. The van der Waals surface area contributed by atoms with E-state index in [1.54, 1.807) is 0 Å². The molecule has 1 heterocycles. The largest absolute Gasteiger partial charge is 0.379 e. The van der Waals surface area contributed by atoms with Crippen molar-refractivity contribution in [1.29, 1.82) is 0 Å². The Morgan fingerprint density at radius 1 is 1.08 bits per heavy atom. The van der Waals surface area contributed by atoms with Crippen LogP contribution in [0.25, 0.3) is 0 Å². The molecule has 0 unspecified atom stereocenters. The molecule has 5 nitrogen and oxygen atoms in total. The number of nitrogens with zero attached hydrogens (tertiary/aromatic N) is 2. The van der Waals surface area contributed by atoms with E-state index >= 15 is 0 Å². The molecule has 0 spiro atoms. The monoisotopic (exact) mass is 338 g/mol. The molecule has 1 saturated heterocycles. The number of hydrogen-bond acceptors (Lipinski definition) is 3. The molecule has 2 fully saturated rings. The molecule has 0 radical (unpaired) electrons. The summed E-state index contributed by atoms with van der Waals surface area (Å²) >= 11 is 0. The van der Waals surface area contributed by atoms with Crippen molar-refractivity contribution in [2.45, 2.75) is 58.3 Å². The molecule has 24 heavy (non-hydrogen) atoms. The molecule has 0 aromatic heterocycles. The summed E-state index contributed by atoms with van der Waals surface area (Å²) in [6.07, 6.45) is 10.8. The van der Waals surface area contributed by atoms with E-state index < -0.39 is 0 Å². The van der Waals surface area contributed by atoms with Gasteiger partial charge in [0.1, 0.15) is 0 Å². The van der Waals surface area contributed by atoms with Gasteiger partial charge in [-0.25, -0.2) is 0 Å². The quantitative estimate of drug-likeness (QED) is 0.365. The normalized spacial score (nSPS) is 20.5. The highest BCUT2D eigenvalue weighted by atomic mass is 16.5. The zero-order valence-electron chi connectivity index (χ0n) is 15.7. The number of morpholine rings is 1. The van der Waals surface area contributed by atoms with Gasteiger partial charge in [-0.2, -0.15) is 0 Å². The van der Waals surface area contributed by atoms with Crippen molar-refractivity contribution in [2.24, 2.45) is 10.9 Å². The average molecular weight is 339 g/mol. The van der Waals surface area contributed by atoms with Gasteiger partial charge >= 0.3 is 0 Å². The third-order valence-corrected chi connectivity index (χ3v) is 5.16. The van der Waals surface area contributed by atoms with Crippen LogP contribution in [0.2, 0.25) is 0 Å². The van der Waals surface area contributed by atoms with Crippen molar-refractivity contribution >= 4 is 5.96 Å². The molecule has 5 heteroatoms. The maximum atomic E-state index is 5.39. The maximum absolute atomic E-state index is 5.39. The zero-order valence-corrected chi connectivity index (χ0v) is 15.7. The van der Waals surface area contributed by atoms with E-state index in [9.17, 15) is 0 Å². The van der Waals surface area contributed by atoms with E-state index in [0.29, 0.717) is 0 Å². The Bertz CT molecular complexity index is 336. The number of ether oxygens (including phenoxy) is 1. The van der Waals surface area contributed by atoms with Crippen LogP contribution >= 0.6 is 0 Å². The molecule has 0 amide bonds. The predicted molar refractivity (Wildman–Crippen MR) is 102 cm³/mol. The van der Waals surface area contributed by atoms with Gasteiger partial charge in [0.15, 0.2) is 5.96 Å². The van der Waals surface area contributed by atoms with Crippen molar-refractivity contribution in [3.8, 4) is 0 Å². The van der Waals surface area contributed by atoms with E-state index in [-0.39, 0.29) is 0 Å². The number of nitrogens with one attached hydrogen (secondary N) is 2. The summed E-state index contributed by atoms with van der Waals surface area (Å²) in [6.45, 7) is 10.2. The first-order valence-corrected chi connectivity index (χ1v) is 10.2. The van der Waals surface area contributed by atoms with E-state index in [1.807, 2.05) is 0 Å². The van der Waals surface area contributed by atoms with Crippen LogP contribution in [0, 0.1) is 5.92 Å². The molecule has 140 valence electrons. The van der Waals surface area contributed by atoms with Crippen LogP contribution in [0.4, 0.5) is 0 Å². The third kappa shape index (κ3) is 8.34. The number of aliphatic imine (C=N–C) groups is 1. The van der Waals surface area contributed by atoms with Crippen LogP contribution in [-0.4, -0.2) is 63.3 Å². The molecule has 1 saturated carbocycles. The maximum Gasteiger partial charge on any atom is 0.191 e. The van der Waals surface area contributed by atoms with Crippen molar-refractivity contribution in [3.05, 3.63) is 0 Å². The Labute approximate surface area is 148 Å². The highest BCUT2D eigenvalue weighted by Gasteiger charge is 2.13.